The molecule has 0 saturated carbocycles. The smallest absolute Gasteiger partial charge is 0.227 e. The maximum Gasteiger partial charge on any atom is 0.227 e. The van der Waals surface area contributed by atoms with Gasteiger partial charge >= 0.3 is 0 Å². The number of amides is 1. The molecule has 1 heterocycles. The zero-order valence-electron chi connectivity index (χ0n) is 13.3. The number of hydrogen-bond donors (Lipinski definition) is 0. The van der Waals surface area contributed by atoms with Crippen LogP contribution >= 0.6 is 15.9 Å². The predicted molar refractivity (Wildman–Crippen MR) is 97.8 cm³/mol. The molecular weight excluding hydrogens is 352 g/mol. The van der Waals surface area contributed by atoms with Gasteiger partial charge in [0.15, 0.2) is 0 Å². The zero-order valence-corrected chi connectivity index (χ0v) is 14.9. The van der Waals surface area contributed by atoms with E-state index in [-0.39, 0.29) is 5.91 Å². The molecule has 1 saturated heterocycles. The number of carbonyl (C=O) groups excluding carboxylic acids is 1. The number of piperazine rings is 1. The first-order valence-corrected chi connectivity index (χ1v) is 8.76. The highest BCUT2D eigenvalue weighted by atomic mass is 79.9. The summed E-state index contributed by atoms with van der Waals surface area (Å²) in [4.78, 5) is 16.9. The Hall–Kier alpha value is -1.81. The van der Waals surface area contributed by atoms with E-state index in [1.54, 1.807) is 0 Å². The predicted octanol–water partition coefficient (Wildman–Crippen LogP) is 3.65. The van der Waals surface area contributed by atoms with E-state index in [1.807, 2.05) is 29.2 Å². The van der Waals surface area contributed by atoms with Crippen LogP contribution in [0.3, 0.4) is 0 Å². The van der Waals surface area contributed by atoms with E-state index in [0.717, 1.165) is 36.2 Å². The molecule has 1 fully saturated rings. The van der Waals surface area contributed by atoms with E-state index in [0.29, 0.717) is 6.42 Å². The van der Waals surface area contributed by atoms with Gasteiger partial charge in [-0.3, -0.25) is 4.79 Å². The average Bonchev–Trinajstić information content (AvgIpc) is 2.57. The quantitative estimate of drug-likeness (QED) is 0.820. The number of nitrogens with zero attached hydrogens (tertiary/aromatic N) is 2. The van der Waals surface area contributed by atoms with Crippen molar-refractivity contribution in [1.82, 2.24) is 4.90 Å². The molecule has 0 radical (unpaired) electrons. The first-order valence-electron chi connectivity index (χ1n) is 7.97. The van der Waals surface area contributed by atoms with Gasteiger partial charge < -0.3 is 9.80 Å². The Bertz CT molecular complexity index is 693. The summed E-state index contributed by atoms with van der Waals surface area (Å²) in [6, 6.07) is 16.4. The number of anilines is 1. The number of halogens is 1. The van der Waals surface area contributed by atoms with Crippen molar-refractivity contribution in [3.05, 3.63) is 64.1 Å². The standard InChI is InChI=1S/C19H21BrN2O/c1-15-6-2-5-9-18(15)21-10-12-22(13-11-21)19(23)14-16-7-3-4-8-17(16)20/h2-9H,10-14H2,1H3. The third-order valence-corrected chi connectivity index (χ3v) is 5.16. The van der Waals surface area contributed by atoms with Gasteiger partial charge in [-0.05, 0) is 30.2 Å². The Labute approximate surface area is 146 Å². The van der Waals surface area contributed by atoms with Crippen LogP contribution in [0.4, 0.5) is 5.69 Å². The summed E-state index contributed by atoms with van der Waals surface area (Å²) < 4.78 is 1.01. The molecule has 0 aromatic heterocycles. The van der Waals surface area contributed by atoms with Crippen LogP contribution in [-0.2, 0) is 11.2 Å². The van der Waals surface area contributed by atoms with Gasteiger partial charge in [0.1, 0.15) is 0 Å². The molecule has 23 heavy (non-hydrogen) atoms. The summed E-state index contributed by atoms with van der Waals surface area (Å²) in [5, 5.41) is 0. The fourth-order valence-corrected chi connectivity index (χ4v) is 3.46. The minimum absolute atomic E-state index is 0.210. The lowest BCUT2D eigenvalue weighted by Crippen LogP contribution is -2.49. The first kappa shape index (κ1) is 16.1. The second kappa shape index (κ2) is 7.18. The van der Waals surface area contributed by atoms with Gasteiger partial charge in [0.2, 0.25) is 5.91 Å². The molecule has 0 spiro atoms. The normalized spacial score (nSPS) is 14.9. The van der Waals surface area contributed by atoms with Gasteiger partial charge in [-0.2, -0.15) is 0 Å². The van der Waals surface area contributed by atoms with Crippen LogP contribution in [0.25, 0.3) is 0 Å². The molecule has 1 aliphatic rings. The van der Waals surface area contributed by atoms with Crippen molar-refractivity contribution in [3.8, 4) is 0 Å². The van der Waals surface area contributed by atoms with Crippen molar-refractivity contribution in [2.75, 3.05) is 31.1 Å². The lowest BCUT2D eigenvalue weighted by Gasteiger charge is -2.37. The number of benzene rings is 2. The molecule has 0 N–H and O–H groups in total. The molecular formula is C19H21BrN2O. The first-order chi connectivity index (χ1) is 11.1. The minimum atomic E-state index is 0.210. The second-order valence-electron chi connectivity index (χ2n) is 5.92. The highest BCUT2D eigenvalue weighted by molar-refractivity contribution is 9.10. The number of rotatable bonds is 3. The van der Waals surface area contributed by atoms with Crippen molar-refractivity contribution >= 4 is 27.5 Å². The number of carbonyl (C=O) groups is 1. The molecule has 3 rings (SSSR count). The van der Waals surface area contributed by atoms with Gasteiger partial charge in [0.25, 0.3) is 0 Å². The fraction of sp³-hybridized carbons (Fsp3) is 0.316. The Morgan fingerprint density at radius 1 is 1.00 bits per heavy atom. The molecule has 0 bridgehead atoms. The van der Waals surface area contributed by atoms with Crippen molar-refractivity contribution < 1.29 is 4.79 Å². The van der Waals surface area contributed by atoms with Crippen LogP contribution in [0.15, 0.2) is 53.0 Å². The topological polar surface area (TPSA) is 23.6 Å². The summed E-state index contributed by atoms with van der Waals surface area (Å²) in [6.07, 6.45) is 0.464. The third kappa shape index (κ3) is 3.75. The third-order valence-electron chi connectivity index (χ3n) is 4.39. The summed E-state index contributed by atoms with van der Waals surface area (Å²) in [6.45, 7) is 5.51. The van der Waals surface area contributed by atoms with Crippen molar-refractivity contribution in [1.29, 1.82) is 0 Å². The molecule has 0 unspecified atom stereocenters. The van der Waals surface area contributed by atoms with Crippen LogP contribution < -0.4 is 4.90 Å². The molecule has 0 aliphatic carbocycles. The molecule has 1 amide bonds. The number of para-hydroxylation sites is 1. The molecule has 0 atom stereocenters. The van der Waals surface area contributed by atoms with E-state index in [2.05, 4.69) is 52.0 Å². The number of aryl methyl sites for hydroxylation is 1. The van der Waals surface area contributed by atoms with Crippen molar-refractivity contribution in [2.24, 2.45) is 0 Å². The average molecular weight is 373 g/mol. The summed E-state index contributed by atoms with van der Waals surface area (Å²) >= 11 is 3.52. The minimum Gasteiger partial charge on any atom is -0.368 e. The Morgan fingerprint density at radius 3 is 2.35 bits per heavy atom. The van der Waals surface area contributed by atoms with E-state index in [4.69, 9.17) is 0 Å². The molecule has 3 nitrogen and oxygen atoms in total. The highest BCUT2D eigenvalue weighted by Crippen LogP contribution is 2.22. The monoisotopic (exact) mass is 372 g/mol. The highest BCUT2D eigenvalue weighted by Gasteiger charge is 2.22. The lowest BCUT2D eigenvalue weighted by molar-refractivity contribution is -0.130. The summed E-state index contributed by atoms with van der Waals surface area (Å²) in [5.74, 6) is 0.210. The van der Waals surface area contributed by atoms with E-state index in [1.165, 1.54) is 11.3 Å². The van der Waals surface area contributed by atoms with Gasteiger partial charge in [-0.15, -0.1) is 0 Å². The Kier molecular flexibility index (Phi) is 5.01. The van der Waals surface area contributed by atoms with Gasteiger partial charge in [0, 0.05) is 36.3 Å². The maximum atomic E-state index is 12.5. The van der Waals surface area contributed by atoms with Gasteiger partial charge in [0.05, 0.1) is 6.42 Å². The van der Waals surface area contributed by atoms with Crippen LogP contribution in [-0.4, -0.2) is 37.0 Å². The van der Waals surface area contributed by atoms with Gasteiger partial charge in [-0.1, -0.05) is 52.3 Å². The largest absolute Gasteiger partial charge is 0.368 e. The maximum absolute atomic E-state index is 12.5. The van der Waals surface area contributed by atoms with Crippen molar-refractivity contribution in [3.63, 3.8) is 0 Å². The molecule has 1 aliphatic heterocycles. The van der Waals surface area contributed by atoms with Crippen LogP contribution in [0.5, 0.6) is 0 Å². The van der Waals surface area contributed by atoms with E-state index < -0.39 is 0 Å². The molecule has 2 aromatic carbocycles. The van der Waals surface area contributed by atoms with Crippen LogP contribution in [0, 0.1) is 6.92 Å². The van der Waals surface area contributed by atoms with Crippen LogP contribution in [0.1, 0.15) is 11.1 Å². The molecule has 120 valence electrons. The van der Waals surface area contributed by atoms with E-state index >= 15 is 0 Å². The summed E-state index contributed by atoms with van der Waals surface area (Å²) in [7, 11) is 0. The van der Waals surface area contributed by atoms with Crippen molar-refractivity contribution in [2.45, 2.75) is 13.3 Å². The fourth-order valence-electron chi connectivity index (χ4n) is 3.03. The molecule has 2 aromatic rings. The summed E-state index contributed by atoms with van der Waals surface area (Å²) in [5.41, 5.74) is 3.63. The van der Waals surface area contributed by atoms with Gasteiger partial charge in [-0.25, -0.2) is 0 Å². The lowest BCUT2D eigenvalue weighted by atomic mass is 10.1. The Morgan fingerprint density at radius 2 is 1.65 bits per heavy atom. The Balaban J connectivity index is 1.60. The number of hydrogen-bond acceptors (Lipinski definition) is 2. The van der Waals surface area contributed by atoms with E-state index in [9.17, 15) is 4.79 Å². The SMILES string of the molecule is Cc1ccccc1N1CCN(C(=O)Cc2ccccc2Br)CC1. The zero-order chi connectivity index (χ0) is 16.2. The second-order valence-corrected chi connectivity index (χ2v) is 6.78. The molecule has 4 heteroatoms. The van der Waals surface area contributed by atoms with Crippen LogP contribution in [0.2, 0.25) is 0 Å².